The number of aryl methyl sites for hydroxylation is 1. The second-order valence-corrected chi connectivity index (χ2v) is 13.3. The number of phenols is 1. The highest BCUT2D eigenvalue weighted by molar-refractivity contribution is 6.05. The third kappa shape index (κ3) is 5.50. The van der Waals surface area contributed by atoms with E-state index in [4.69, 9.17) is 4.98 Å². The number of carbonyl (C=O) groups excluding carboxylic acids is 2. The van der Waals surface area contributed by atoms with Gasteiger partial charge in [-0.25, -0.2) is 4.98 Å². The van der Waals surface area contributed by atoms with Crippen LogP contribution in [0, 0.1) is 6.92 Å². The zero-order chi connectivity index (χ0) is 31.1. The van der Waals surface area contributed by atoms with Gasteiger partial charge in [-0.2, -0.15) is 0 Å². The number of hydrogen-bond donors (Lipinski definition) is 2. The highest BCUT2D eigenvalue weighted by Crippen LogP contribution is 2.45. The van der Waals surface area contributed by atoms with Crippen molar-refractivity contribution in [1.29, 1.82) is 0 Å². The zero-order valence-corrected chi connectivity index (χ0v) is 26.3. The van der Waals surface area contributed by atoms with E-state index in [9.17, 15) is 14.7 Å². The molecule has 2 N–H and O–H groups in total. The second-order valence-electron chi connectivity index (χ2n) is 13.3. The molecule has 0 saturated carbocycles. The molecule has 8 nitrogen and oxygen atoms in total. The minimum atomic E-state index is -0.275. The number of aromatic hydroxyl groups is 1. The van der Waals surface area contributed by atoms with Gasteiger partial charge < -0.3 is 19.9 Å². The van der Waals surface area contributed by atoms with E-state index in [2.05, 4.69) is 76.3 Å². The summed E-state index contributed by atoms with van der Waals surface area (Å²) in [5.41, 5.74) is 4.19. The van der Waals surface area contributed by atoms with Crippen LogP contribution in [0.25, 0.3) is 11.0 Å². The standard InChI is InChI=1S/C37H43N5O3/c1-25-38-31-11-6-7-13-33(31)42(25)30-23-28-15-16-29(24-30)41(28)22-19-37(27-9-4-3-5-10-27)17-20-40(21-18-37)36(45)35-32(39-26(2)43)12-8-14-34(35)44/h3-14,28-30,44H,15-24H2,1-2H3,(H,39,43)/t28-,29+,30+. The average Bonchev–Trinajstić information content (AvgIpc) is 3.50. The van der Waals surface area contributed by atoms with Crippen LogP contribution in [-0.2, 0) is 10.2 Å². The summed E-state index contributed by atoms with van der Waals surface area (Å²) >= 11 is 0. The molecule has 1 aromatic heterocycles. The number of aromatic nitrogens is 2. The van der Waals surface area contributed by atoms with Crippen molar-refractivity contribution in [2.24, 2.45) is 0 Å². The minimum Gasteiger partial charge on any atom is -0.507 e. The topological polar surface area (TPSA) is 90.7 Å². The normalized spacial score (nSPS) is 22.9. The van der Waals surface area contributed by atoms with E-state index >= 15 is 0 Å². The molecule has 3 fully saturated rings. The lowest BCUT2D eigenvalue weighted by Crippen LogP contribution is -2.49. The van der Waals surface area contributed by atoms with Gasteiger partial charge in [-0.1, -0.05) is 48.5 Å². The van der Waals surface area contributed by atoms with E-state index in [0.29, 0.717) is 36.9 Å². The van der Waals surface area contributed by atoms with Crippen molar-refractivity contribution in [2.75, 3.05) is 25.0 Å². The Bertz CT molecular complexity index is 1690. The van der Waals surface area contributed by atoms with Crippen LogP contribution in [0.1, 0.15) is 79.7 Å². The number of phenolic OH excluding ortho intramolecular Hbond substituents is 1. The molecule has 2 bridgehead atoms. The molecule has 4 aromatic rings. The van der Waals surface area contributed by atoms with Gasteiger partial charge in [-0.05, 0) is 93.7 Å². The minimum absolute atomic E-state index is 0.0232. The quantitative estimate of drug-likeness (QED) is 0.253. The van der Waals surface area contributed by atoms with Crippen molar-refractivity contribution < 1.29 is 14.7 Å². The fraction of sp³-hybridized carbons (Fsp3) is 0.432. The van der Waals surface area contributed by atoms with Crippen molar-refractivity contribution in [2.45, 2.75) is 82.3 Å². The van der Waals surface area contributed by atoms with E-state index in [1.165, 1.54) is 36.9 Å². The molecule has 234 valence electrons. The predicted octanol–water partition coefficient (Wildman–Crippen LogP) is 6.44. The Hall–Kier alpha value is -4.17. The number of benzene rings is 3. The highest BCUT2D eigenvalue weighted by atomic mass is 16.3. The van der Waals surface area contributed by atoms with Gasteiger partial charge in [0.05, 0.1) is 16.7 Å². The summed E-state index contributed by atoms with van der Waals surface area (Å²) in [7, 11) is 0. The predicted molar refractivity (Wildman–Crippen MR) is 177 cm³/mol. The lowest BCUT2D eigenvalue weighted by atomic mass is 9.70. The molecule has 0 radical (unpaired) electrons. The van der Waals surface area contributed by atoms with Crippen LogP contribution in [-0.4, -0.2) is 68.0 Å². The molecule has 3 aromatic carbocycles. The molecular formula is C37H43N5O3. The maximum Gasteiger partial charge on any atom is 0.259 e. The number of nitrogens with zero attached hydrogens (tertiary/aromatic N) is 4. The number of para-hydroxylation sites is 2. The molecule has 45 heavy (non-hydrogen) atoms. The van der Waals surface area contributed by atoms with Gasteiger partial charge in [-0.15, -0.1) is 0 Å². The Balaban J connectivity index is 1.07. The van der Waals surface area contributed by atoms with Crippen LogP contribution in [0.3, 0.4) is 0 Å². The summed E-state index contributed by atoms with van der Waals surface area (Å²) in [5.74, 6) is 0.499. The van der Waals surface area contributed by atoms with Crippen molar-refractivity contribution >= 4 is 28.5 Å². The first-order chi connectivity index (χ1) is 21.8. The number of nitrogens with one attached hydrogen (secondary N) is 1. The monoisotopic (exact) mass is 605 g/mol. The Labute approximate surface area is 265 Å². The summed E-state index contributed by atoms with van der Waals surface area (Å²) < 4.78 is 2.50. The summed E-state index contributed by atoms with van der Waals surface area (Å²) in [6.07, 6.45) is 7.60. The molecule has 4 heterocycles. The fourth-order valence-electron chi connectivity index (χ4n) is 8.62. The number of anilines is 1. The van der Waals surface area contributed by atoms with Crippen LogP contribution in [0.2, 0.25) is 0 Å². The number of hydrogen-bond acceptors (Lipinski definition) is 5. The lowest BCUT2D eigenvalue weighted by molar-refractivity contribution is -0.114. The average molecular weight is 606 g/mol. The number of amides is 2. The first-order valence-corrected chi connectivity index (χ1v) is 16.5. The first kappa shape index (κ1) is 29.5. The van der Waals surface area contributed by atoms with Crippen molar-refractivity contribution in [3.63, 3.8) is 0 Å². The van der Waals surface area contributed by atoms with Crippen LogP contribution < -0.4 is 5.32 Å². The number of rotatable bonds is 7. The summed E-state index contributed by atoms with van der Waals surface area (Å²) in [4.78, 5) is 35.0. The molecule has 0 unspecified atom stereocenters. The molecule has 3 aliphatic rings. The van der Waals surface area contributed by atoms with E-state index < -0.39 is 0 Å². The highest BCUT2D eigenvalue weighted by Gasteiger charge is 2.44. The van der Waals surface area contributed by atoms with Gasteiger partial charge in [0.15, 0.2) is 0 Å². The molecule has 0 aliphatic carbocycles. The summed E-state index contributed by atoms with van der Waals surface area (Å²) in [6.45, 7) is 5.81. The number of piperidine rings is 2. The molecule has 0 spiro atoms. The van der Waals surface area contributed by atoms with Crippen LogP contribution >= 0.6 is 0 Å². The maximum absolute atomic E-state index is 13.7. The van der Waals surface area contributed by atoms with E-state index in [1.807, 2.05) is 4.90 Å². The molecule has 3 aliphatic heterocycles. The third-order valence-electron chi connectivity index (χ3n) is 10.8. The maximum atomic E-state index is 13.7. The molecule has 8 heteroatoms. The van der Waals surface area contributed by atoms with Gasteiger partial charge in [0, 0.05) is 38.1 Å². The number of fused-ring (bicyclic) bond motifs is 3. The van der Waals surface area contributed by atoms with Gasteiger partial charge in [0.25, 0.3) is 5.91 Å². The van der Waals surface area contributed by atoms with Crippen molar-refractivity contribution in [1.82, 2.24) is 19.4 Å². The van der Waals surface area contributed by atoms with Crippen molar-refractivity contribution in [3.8, 4) is 5.75 Å². The first-order valence-electron chi connectivity index (χ1n) is 16.5. The van der Waals surface area contributed by atoms with E-state index in [-0.39, 0.29) is 28.5 Å². The van der Waals surface area contributed by atoms with Gasteiger partial charge in [-0.3, -0.25) is 14.5 Å². The van der Waals surface area contributed by atoms with Gasteiger partial charge in [0.1, 0.15) is 17.1 Å². The van der Waals surface area contributed by atoms with Crippen LogP contribution in [0.15, 0.2) is 72.8 Å². The molecule has 7 rings (SSSR count). The van der Waals surface area contributed by atoms with Crippen LogP contribution in [0.5, 0.6) is 5.75 Å². The van der Waals surface area contributed by atoms with Crippen LogP contribution in [0.4, 0.5) is 5.69 Å². The lowest BCUT2D eigenvalue weighted by Gasteiger charge is -2.45. The Morgan fingerprint density at radius 2 is 1.60 bits per heavy atom. The van der Waals surface area contributed by atoms with Gasteiger partial charge >= 0.3 is 0 Å². The number of imidazole rings is 1. The van der Waals surface area contributed by atoms with Crippen molar-refractivity contribution in [3.05, 3.63) is 89.7 Å². The summed E-state index contributed by atoms with van der Waals surface area (Å²) in [5, 5.41) is 13.3. The molecule has 2 amide bonds. The zero-order valence-electron chi connectivity index (χ0n) is 26.3. The Kier molecular flexibility index (Phi) is 7.86. The SMILES string of the molecule is CC(=O)Nc1cccc(O)c1C(=O)N1CCC(CCN2[C@@H]3CC[C@H]2C[C@@H](n2c(C)nc4ccccc42)C3)(c2ccccc2)CC1. The third-order valence-corrected chi connectivity index (χ3v) is 10.8. The smallest absolute Gasteiger partial charge is 0.259 e. The second kappa shape index (κ2) is 12.0. The molecule has 3 saturated heterocycles. The largest absolute Gasteiger partial charge is 0.507 e. The Morgan fingerprint density at radius 1 is 0.911 bits per heavy atom. The number of carbonyl (C=O) groups is 2. The Morgan fingerprint density at radius 3 is 2.31 bits per heavy atom. The molecule has 3 atom stereocenters. The molecular weight excluding hydrogens is 562 g/mol. The van der Waals surface area contributed by atoms with E-state index in [0.717, 1.165) is 50.0 Å². The number of likely N-dealkylation sites (tertiary alicyclic amines) is 1. The fourth-order valence-corrected chi connectivity index (χ4v) is 8.62. The summed E-state index contributed by atoms with van der Waals surface area (Å²) in [6, 6.07) is 25.8. The van der Waals surface area contributed by atoms with Gasteiger partial charge in [0.2, 0.25) is 5.91 Å². The van der Waals surface area contributed by atoms with E-state index in [1.54, 1.807) is 12.1 Å².